The first-order valence-corrected chi connectivity index (χ1v) is 6.25. The maximum absolute atomic E-state index is 11.9. The Bertz CT molecular complexity index is 642. The number of aromatic nitrogens is 1. The Morgan fingerprint density at radius 1 is 1.25 bits per heavy atom. The Morgan fingerprint density at radius 2 is 2.05 bits per heavy atom. The number of amides is 1. The molecule has 4 nitrogen and oxygen atoms in total. The van der Waals surface area contributed by atoms with E-state index in [2.05, 4.69) is 22.1 Å². The van der Waals surface area contributed by atoms with Crippen molar-refractivity contribution in [3.8, 4) is 11.8 Å². The van der Waals surface area contributed by atoms with Crippen molar-refractivity contribution in [1.29, 1.82) is 0 Å². The van der Waals surface area contributed by atoms with Gasteiger partial charge in [0.1, 0.15) is 0 Å². The van der Waals surface area contributed by atoms with Crippen LogP contribution < -0.4 is 11.1 Å². The van der Waals surface area contributed by atoms with E-state index in [1.54, 1.807) is 24.5 Å². The highest BCUT2D eigenvalue weighted by Crippen LogP contribution is 2.04. The highest BCUT2D eigenvalue weighted by molar-refractivity contribution is 5.93. The Hall–Kier alpha value is -2.64. The van der Waals surface area contributed by atoms with Gasteiger partial charge in [0.25, 0.3) is 5.91 Å². The van der Waals surface area contributed by atoms with Gasteiger partial charge in [-0.2, -0.15) is 0 Å². The lowest BCUT2D eigenvalue weighted by Gasteiger charge is -2.05. The normalized spacial score (nSPS) is 9.45. The summed E-state index contributed by atoms with van der Waals surface area (Å²) in [4.78, 5) is 15.8. The molecule has 0 unspecified atom stereocenters. The number of nitrogens with zero attached hydrogens (tertiary/aromatic N) is 1. The van der Waals surface area contributed by atoms with E-state index < -0.39 is 0 Å². The molecule has 0 fully saturated rings. The fraction of sp³-hybridized carbons (Fsp3) is 0.125. The number of hydrogen-bond acceptors (Lipinski definition) is 3. The highest BCUT2D eigenvalue weighted by atomic mass is 16.1. The number of rotatable bonds is 3. The first-order valence-electron chi connectivity index (χ1n) is 6.25. The van der Waals surface area contributed by atoms with Crippen LogP contribution in [0.3, 0.4) is 0 Å². The van der Waals surface area contributed by atoms with Gasteiger partial charge in [0, 0.05) is 30.1 Å². The van der Waals surface area contributed by atoms with Crippen molar-refractivity contribution in [2.75, 3.05) is 6.54 Å². The molecule has 0 bridgehead atoms. The second-order valence-corrected chi connectivity index (χ2v) is 4.12. The van der Waals surface area contributed by atoms with Crippen LogP contribution in [0.4, 0.5) is 0 Å². The van der Waals surface area contributed by atoms with Crippen molar-refractivity contribution in [2.24, 2.45) is 5.73 Å². The molecule has 2 rings (SSSR count). The molecule has 0 spiro atoms. The van der Waals surface area contributed by atoms with E-state index in [0.717, 1.165) is 11.1 Å². The van der Waals surface area contributed by atoms with Crippen LogP contribution in [-0.4, -0.2) is 17.4 Å². The van der Waals surface area contributed by atoms with Gasteiger partial charge >= 0.3 is 0 Å². The first-order chi connectivity index (χ1) is 9.79. The van der Waals surface area contributed by atoms with Crippen molar-refractivity contribution in [3.05, 3.63) is 65.5 Å². The largest absolute Gasteiger partial charge is 0.348 e. The molecule has 2 aromatic rings. The van der Waals surface area contributed by atoms with Crippen LogP contribution in [0.5, 0.6) is 0 Å². The second kappa shape index (κ2) is 7.07. The highest BCUT2D eigenvalue weighted by Gasteiger charge is 2.04. The lowest BCUT2D eigenvalue weighted by Crippen LogP contribution is -2.22. The first kappa shape index (κ1) is 13.8. The number of pyridine rings is 1. The average Bonchev–Trinajstić information content (AvgIpc) is 2.52. The Morgan fingerprint density at radius 3 is 2.80 bits per heavy atom. The molecule has 0 atom stereocenters. The lowest BCUT2D eigenvalue weighted by atomic mass is 10.1. The molecule has 0 saturated carbocycles. The van der Waals surface area contributed by atoms with Gasteiger partial charge in [0.15, 0.2) is 0 Å². The average molecular weight is 265 g/mol. The van der Waals surface area contributed by atoms with Crippen LogP contribution in [0.2, 0.25) is 0 Å². The molecule has 0 saturated heterocycles. The number of nitrogens with one attached hydrogen (secondary N) is 1. The predicted molar refractivity (Wildman–Crippen MR) is 77.8 cm³/mol. The smallest absolute Gasteiger partial charge is 0.251 e. The van der Waals surface area contributed by atoms with E-state index in [0.29, 0.717) is 18.7 Å². The van der Waals surface area contributed by atoms with Gasteiger partial charge < -0.3 is 11.1 Å². The minimum atomic E-state index is -0.120. The number of carbonyl (C=O) groups is 1. The van der Waals surface area contributed by atoms with Crippen LogP contribution in [0.25, 0.3) is 0 Å². The predicted octanol–water partition coefficient (Wildman–Crippen LogP) is 1.32. The number of nitrogens with two attached hydrogens (primary N) is 1. The van der Waals surface area contributed by atoms with E-state index >= 15 is 0 Å². The Balaban J connectivity index is 1.99. The molecule has 20 heavy (non-hydrogen) atoms. The molecular formula is C16H15N3O. The maximum Gasteiger partial charge on any atom is 0.251 e. The topological polar surface area (TPSA) is 68.0 Å². The monoisotopic (exact) mass is 265 g/mol. The van der Waals surface area contributed by atoms with Crippen molar-refractivity contribution in [2.45, 2.75) is 6.54 Å². The van der Waals surface area contributed by atoms with E-state index in [1.165, 1.54) is 0 Å². The van der Waals surface area contributed by atoms with E-state index in [1.807, 2.05) is 24.3 Å². The minimum Gasteiger partial charge on any atom is -0.348 e. The van der Waals surface area contributed by atoms with Crippen LogP contribution in [0.1, 0.15) is 21.5 Å². The van der Waals surface area contributed by atoms with Crippen molar-refractivity contribution in [1.82, 2.24) is 10.3 Å². The van der Waals surface area contributed by atoms with Crippen molar-refractivity contribution in [3.63, 3.8) is 0 Å². The van der Waals surface area contributed by atoms with Gasteiger partial charge in [-0.05, 0) is 29.8 Å². The molecule has 1 amide bonds. The van der Waals surface area contributed by atoms with Crippen LogP contribution in [-0.2, 0) is 6.54 Å². The molecule has 4 heteroatoms. The molecule has 0 aliphatic heterocycles. The van der Waals surface area contributed by atoms with Gasteiger partial charge in [0.05, 0.1) is 6.54 Å². The second-order valence-electron chi connectivity index (χ2n) is 4.12. The number of benzene rings is 1. The molecule has 0 aliphatic carbocycles. The van der Waals surface area contributed by atoms with Gasteiger partial charge in [0.2, 0.25) is 0 Å². The van der Waals surface area contributed by atoms with Crippen LogP contribution in [0.15, 0.2) is 48.8 Å². The summed E-state index contributed by atoms with van der Waals surface area (Å²) in [6, 6.07) is 11.1. The van der Waals surface area contributed by atoms with Crippen LogP contribution >= 0.6 is 0 Å². The van der Waals surface area contributed by atoms with Gasteiger partial charge in [-0.3, -0.25) is 9.78 Å². The van der Waals surface area contributed by atoms with Gasteiger partial charge in [-0.15, -0.1) is 0 Å². The molecule has 1 heterocycles. The molecule has 3 N–H and O–H groups in total. The fourth-order valence-corrected chi connectivity index (χ4v) is 1.70. The quantitative estimate of drug-likeness (QED) is 0.822. The summed E-state index contributed by atoms with van der Waals surface area (Å²) in [5.74, 6) is 5.65. The third-order valence-corrected chi connectivity index (χ3v) is 2.66. The summed E-state index contributed by atoms with van der Waals surface area (Å²) in [6.07, 6.45) is 3.19. The van der Waals surface area contributed by atoms with Crippen molar-refractivity contribution < 1.29 is 4.79 Å². The Kier molecular flexibility index (Phi) is 4.87. The molecular weight excluding hydrogens is 250 g/mol. The molecule has 1 aromatic heterocycles. The zero-order valence-electron chi connectivity index (χ0n) is 11.0. The SMILES string of the molecule is NCC#Cc1cccc(CNC(=O)c2ccncc2)c1. The summed E-state index contributed by atoms with van der Waals surface area (Å²) >= 11 is 0. The van der Waals surface area contributed by atoms with E-state index in [-0.39, 0.29) is 5.91 Å². The lowest BCUT2D eigenvalue weighted by molar-refractivity contribution is 0.0951. The van der Waals surface area contributed by atoms with Crippen molar-refractivity contribution >= 4 is 5.91 Å². The maximum atomic E-state index is 11.9. The summed E-state index contributed by atoms with van der Waals surface area (Å²) < 4.78 is 0. The fourth-order valence-electron chi connectivity index (χ4n) is 1.70. The summed E-state index contributed by atoms with van der Waals surface area (Å²) in [5, 5.41) is 2.86. The summed E-state index contributed by atoms with van der Waals surface area (Å²) in [6.45, 7) is 0.794. The molecule has 100 valence electrons. The zero-order valence-corrected chi connectivity index (χ0v) is 11.0. The Labute approximate surface area is 118 Å². The summed E-state index contributed by atoms with van der Waals surface area (Å²) in [5.41, 5.74) is 7.83. The number of carbonyl (C=O) groups excluding carboxylic acids is 1. The standard InChI is InChI=1S/C16H15N3O/c17-8-2-5-13-3-1-4-14(11-13)12-19-16(20)15-6-9-18-10-7-15/h1,3-4,6-7,9-11H,8,12,17H2,(H,19,20). The van der Waals surface area contributed by atoms with Crippen LogP contribution in [0, 0.1) is 11.8 Å². The number of hydrogen-bond donors (Lipinski definition) is 2. The third kappa shape index (κ3) is 3.94. The van der Waals surface area contributed by atoms with Gasteiger partial charge in [-0.1, -0.05) is 24.0 Å². The summed E-state index contributed by atoms with van der Waals surface area (Å²) in [7, 11) is 0. The van der Waals surface area contributed by atoms with Gasteiger partial charge in [-0.25, -0.2) is 0 Å². The molecule has 0 aliphatic rings. The zero-order chi connectivity index (χ0) is 14.2. The minimum absolute atomic E-state index is 0.120. The molecule has 0 radical (unpaired) electrons. The van der Waals surface area contributed by atoms with E-state index in [4.69, 9.17) is 5.73 Å². The third-order valence-electron chi connectivity index (χ3n) is 2.66. The molecule has 1 aromatic carbocycles. The van der Waals surface area contributed by atoms with E-state index in [9.17, 15) is 4.79 Å².